The van der Waals surface area contributed by atoms with Gasteiger partial charge in [0.2, 0.25) is 0 Å². The summed E-state index contributed by atoms with van der Waals surface area (Å²) in [4.78, 5) is 17.0. The molecule has 1 amide bonds. The Morgan fingerprint density at radius 3 is 2.44 bits per heavy atom. The van der Waals surface area contributed by atoms with Crippen molar-refractivity contribution < 1.29 is 4.79 Å². The number of fused-ring (bicyclic) bond motifs is 1. The second-order valence-electron chi connectivity index (χ2n) is 7.85. The highest BCUT2D eigenvalue weighted by atomic mass is 35.5. The van der Waals surface area contributed by atoms with Crippen LogP contribution in [-0.2, 0) is 6.54 Å². The summed E-state index contributed by atoms with van der Waals surface area (Å²) < 4.78 is 1.37. The number of carbonyl (C=O) groups is 1. The van der Waals surface area contributed by atoms with Gasteiger partial charge in [-0.1, -0.05) is 41.4 Å². The number of halogens is 2. The number of benzene rings is 1. The Morgan fingerprint density at radius 1 is 1.19 bits per heavy atom. The molecule has 7 heteroatoms. The average molecular weight is 407 g/mol. The molecule has 4 rings (SSSR count). The zero-order valence-corrected chi connectivity index (χ0v) is 17.1. The van der Waals surface area contributed by atoms with Crippen molar-refractivity contribution in [2.75, 3.05) is 20.1 Å². The van der Waals surface area contributed by atoms with Gasteiger partial charge in [0.1, 0.15) is 0 Å². The number of hydrogen-bond acceptors (Lipinski definition) is 3. The molecule has 1 aliphatic heterocycles. The third kappa shape index (κ3) is 3.73. The Morgan fingerprint density at radius 2 is 1.85 bits per heavy atom. The molecule has 0 radical (unpaired) electrons. The summed E-state index contributed by atoms with van der Waals surface area (Å²) in [6.45, 7) is 4.27. The highest BCUT2D eigenvalue weighted by Crippen LogP contribution is 2.40. The van der Waals surface area contributed by atoms with Crippen molar-refractivity contribution in [2.45, 2.75) is 32.4 Å². The minimum Gasteiger partial charge on any atom is -0.322 e. The van der Waals surface area contributed by atoms with Gasteiger partial charge in [-0.25, -0.2) is 4.79 Å². The highest BCUT2D eigenvalue weighted by Gasteiger charge is 2.43. The maximum atomic E-state index is 12.7. The first-order valence-corrected chi connectivity index (χ1v) is 10.1. The summed E-state index contributed by atoms with van der Waals surface area (Å²) >= 11 is 12.3. The molecule has 0 spiro atoms. The topological polar surface area (TPSA) is 41.4 Å². The summed E-state index contributed by atoms with van der Waals surface area (Å²) in [5.41, 5.74) is 1.85. The van der Waals surface area contributed by atoms with E-state index in [0.717, 1.165) is 37.5 Å². The fourth-order valence-electron chi connectivity index (χ4n) is 4.49. The fraction of sp³-hybridized carbons (Fsp3) is 0.500. The number of likely N-dealkylation sites (tertiary alicyclic amines) is 1. The smallest absolute Gasteiger partial charge is 0.322 e. The molecule has 2 aromatic rings. The third-order valence-corrected chi connectivity index (χ3v) is 6.77. The summed E-state index contributed by atoms with van der Waals surface area (Å²) in [6, 6.07) is 8.50. The summed E-state index contributed by atoms with van der Waals surface area (Å²) in [5.74, 6) is 1.11. The van der Waals surface area contributed by atoms with Gasteiger partial charge in [-0.05, 0) is 50.3 Å². The van der Waals surface area contributed by atoms with Gasteiger partial charge in [0.05, 0.1) is 16.9 Å². The minimum atomic E-state index is -0.0691. The van der Waals surface area contributed by atoms with Crippen molar-refractivity contribution in [3.63, 3.8) is 0 Å². The van der Waals surface area contributed by atoms with E-state index >= 15 is 0 Å². The molecule has 1 aromatic heterocycles. The van der Waals surface area contributed by atoms with E-state index in [2.05, 4.69) is 23.1 Å². The molecular formula is C20H24Cl2N4O. The minimum absolute atomic E-state index is 0.0691. The van der Waals surface area contributed by atoms with E-state index in [1.807, 2.05) is 30.0 Å². The van der Waals surface area contributed by atoms with Gasteiger partial charge in [0.25, 0.3) is 0 Å². The van der Waals surface area contributed by atoms with E-state index in [1.54, 1.807) is 6.20 Å². The lowest BCUT2D eigenvalue weighted by Gasteiger charge is -2.26. The van der Waals surface area contributed by atoms with Crippen molar-refractivity contribution in [3.05, 3.63) is 51.8 Å². The normalized spacial score (nSPS) is 24.6. The number of rotatable bonds is 3. The van der Waals surface area contributed by atoms with Crippen LogP contribution in [0.15, 0.2) is 30.5 Å². The molecule has 0 bridgehead atoms. The van der Waals surface area contributed by atoms with Crippen molar-refractivity contribution in [3.8, 4) is 0 Å². The molecule has 27 heavy (non-hydrogen) atoms. The molecule has 3 atom stereocenters. The predicted molar refractivity (Wildman–Crippen MR) is 107 cm³/mol. The van der Waals surface area contributed by atoms with Gasteiger partial charge in [-0.15, -0.1) is 0 Å². The molecule has 2 fully saturated rings. The number of carbonyl (C=O) groups excluding carboxylic acids is 1. The quantitative estimate of drug-likeness (QED) is 0.762. The van der Waals surface area contributed by atoms with E-state index in [1.165, 1.54) is 10.2 Å². The lowest BCUT2D eigenvalue weighted by molar-refractivity contribution is 0.192. The van der Waals surface area contributed by atoms with Crippen LogP contribution in [0.3, 0.4) is 0 Å². The number of hydrogen-bond donors (Lipinski definition) is 0. The van der Waals surface area contributed by atoms with Gasteiger partial charge >= 0.3 is 6.03 Å². The second kappa shape index (κ2) is 7.46. The van der Waals surface area contributed by atoms with Gasteiger partial charge in [-0.2, -0.15) is 9.78 Å². The molecule has 144 valence electrons. The maximum absolute atomic E-state index is 12.7. The van der Waals surface area contributed by atoms with Crippen LogP contribution in [0.2, 0.25) is 10.0 Å². The molecule has 1 unspecified atom stereocenters. The van der Waals surface area contributed by atoms with Crippen LogP contribution >= 0.6 is 23.2 Å². The largest absolute Gasteiger partial charge is 0.344 e. The first kappa shape index (κ1) is 18.8. The van der Waals surface area contributed by atoms with Crippen LogP contribution in [0.1, 0.15) is 24.1 Å². The fourth-order valence-corrected chi connectivity index (χ4v) is 4.82. The van der Waals surface area contributed by atoms with E-state index in [9.17, 15) is 4.79 Å². The molecule has 1 aliphatic carbocycles. The summed E-state index contributed by atoms with van der Waals surface area (Å²) in [7, 11) is 2.17. The second-order valence-corrected chi connectivity index (χ2v) is 8.66. The van der Waals surface area contributed by atoms with Crippen molar-refractivity contribution in [2.24, 2.45) is 11.8 Å². The van der Waals surface area contributed by atoms with E-state index in [0.29, 0.717) is 28.6 Å². The number of aryl methyl sites for hydroxylation is 1. The van der Waals surface area contributed by atoms with E-state index in [4.69, 9.17) is 23.2 Å². The zero-order valence-electron chi connectivity index (χ0n) is 15.6. The Bertz CT molecular complexity index is 819. The molecule has 2 aliphatic rings. The van der Waals surface area contributed by atoms with E-state index in [-0.39, 0.29) is 6.03 Å². The summed E-state index contributed by atoms with van der Waals surface area (Å²) in [5, 5.41) is 5.58. The molecular weight excluding hydrogens is 383 g/mol. The predicted octanol–water partition coefficient (Wildman–Crippen LogP) is 4.31. The molecule has 1 saturated carbocycles. The SMILES string of the molecule is Cc1nn(C(=O)N2C[C@H]3CC(N(C)Cc4ccccc4Cl)C[C@H]3C2)cc1Cl. The molecule has 0 N–H and O–H groups in total. The molecule has 5 nitrogen and oxygen atoms in total. The maximum Gasteiger partial charge on any atom is 0.344 e. The first-order chi connectivity index (χ1) is 12.9. The Kier molecular flexibility index (Phi) is 5.19. The zero-order chi connectivity index (χ0) is 19.1. The number of aromatic nitrogens is 2. The molecule has 1 saturated heterocycles. The third-order valence-electron chi connectivity index (χ3n) is 6.03. The molecule has 2 heterocycles. The Labute approximate surface area is 169 Å². The van der Waals surface area contributed by atoms with Crippen molar-refractivity contribution in [1.82, 2.24) is 19.6 Å². The van der Waals surface area contributed by atoms with Crippen molar-refractivity contribution in [1.29, 1.82) is 0 Å². The number of amides is 1. The standard InChI is InChI=1S/C20H24Cl2N4O/c1-13-19(22)12-26(23-13)20(27)25-10-15-7-17(8-16(15)11-25)24(2)9-14-5-3-4-6-18(14)21/h3-6,12,15-17H,7-11H2,1-2H3/t15-,16+,17?. The lowest BCUT2D eigenvalue weighted by atomic mass is 10.0. The Balaban J connectivity index is 1.35. The highest BCUT2D eigenvalue weighted by molar-refractivity contribution is 6.31. The first-order valence-electron chi connectivity index (χ1n) is 9.37. The summed E-state index contributed by atoms with van der Waals surface area (Å²) in [6.07, 6.45) is 3.84. The monoisotopic (exact) mass is 406 g/mol. The van der Waals surface area contributed by atoms with Crippen LogP contribution < -0.4 is 0 Å². The number of nitrogens with zero attached hydrogens (tertiary/aromatic N) is 4. The lowest BCUT2D eigenvalue weighted by Crippen LogP contribution is -2.36. The van der Waals surface area contributed by atoms with Crippen LogP contribution in [-0.4, -0.2) is 51.8 Å². The average Bonchev–Trinajstić information content (AvgIpc) is 3.30. The van der Waals surface area contributed by atoms with Crippen LogP contribution in [0.4, 0.5) is 4.79 Å². The van der Waals surface area contributed by atoms with Crippen LogP contribution in [0.5, 0.6) is 0 Å². The van der Waals surface area contributed by atoms with Gasteiger partial charge in [0, 0.05) is 30.7 Å². The Hall–Kier alpha value is -1.56. The molecule has 1 aromatic carbocycles. The van der Waals surface area contributed by atoms with Gasteiger partial charge < -0.3 is 4.90 Å². The van der Waals surface area contributed by atoms with Crippen LogP contribution in [0, 0.1) is 18.8 Å². The van der Waals surface area contributed by atoms with Crippen molar-refractivity contribution >= 4 is 29.2 Å². The van der Waals surface area contributed by atoms with E-state index < -0.39 is 0 Å². The van der Waals surface area contributed by atoms with Gasteiger partial charge in [0.15, 0.2) is 0 Å². The van der Waals surface area contributed by atoms with Gasteiger partial charge in [-0.3, -0.25) is 4.90 Å². The van der Waals surface area contributed by atoms with Crippen LogP contribution in [0.25, 0.3) is 0 Å².